The highest BCUT2D eigenvalue weighted by Crippen LogP contribution is 2.22. The van der Waals surface area contributed by atoms with Crippen molar-refractivity contribution >= 4 is 5.69 Å². The summed E-state index contributed by atoms with van der Waals surface area (Å²) >= 11 is 0. The van der Waals surface area contributed by atoms with Gasteiger partial charge in [0.2, 0.25) is 0 Å². The van der Waals surface area contributed by atoms with Crippen molar-refractivity contribution in [1.29, 1.82) is 0 Å². The fraction of sp³-hybridized carbons (Fsp3) is 0.538. The number of ether oxygens (including phenoxy) is 1. The van der Waals surface area contributed by atoms with Crippen LogP contribution in [0.4, 0.5) is 5.69 Å². The molecule has 1 atom stereocenters. The maximum Gasteiger partial charge on any atom is 0.120 e. The second-order valence-electron chi connectivity index (χ2n) is 4.72. The van der Waals surface area contributed by atoms with Gasteiger partial charge in [-0.15, -0.1) is 0 Å². The van der Waals surface area contributed by atoms with Crippen molar-refractivity contribution in [3.8, 4) is 5.75 Å². The Bertz CT molecular complexity index is 376. The Hall–Kier alpha value is -1.26. The SMILES string of the molecule is CN(Cc1cc(N)ccc1O)CC1CCCO1. The molecule has 4 nitrogen and oxygen atoms in total. The zero-order valence-corrected chi connectivity index (χ0v) is 10.2. The first kappa shape index (κ1) is 12.2. The molecule has 1 aromatic rings. The van der Waals surface area contributed by atoms with Gasteiger partial charge in [0.1, 0.15) is 5.75 Å². The molecule has 17 heavy (non-hydrogen) atoms. The second kappa shape index (κ2) is 5.38. The number of anilines is 1. The lowest BCUT2D eigenvalue weighted by Gasteiger charge is -2.21. The number of hydrogen-bond acceptors (Lipinski definition) is 4. The van der Waals surface area contributed by atoms with Crippen molar-refractivity contribution in [3.05, 3.63) is 23.8 Å². The van der Waals surface area contributed by atoms with Gasteiger partial charge < -0.3 is 15.6 Å². The van der Waals surface area contributed by atoms with E-state index in [0.29, 0.717) is 24.1 Å². The van der Waals surface area contributed by atoms with Crippen LogP contribution in [0.5, 0.6) is 5.75 Å². The lowest BCUT2D eigenvalue weighted by atomic mass is 10.1. The van der Waals surface area contributed by atoms with Gasteiger partial charge in [-0.2, -0.15) is 0 Å². The second-order valence-corrected chi connectivity index (χ2v) is 4.72. The average molecular weight is 236 g/mol. The third-order valence-electron chi connectivity index (χ3n) is 3.08. The van der Waals surface area contributed by atoms with Gasteiger partial charge in [0.25, 0.3) is 0 Å². The predicted octanol–water partition coefficient (Wildman–Crippen LogP) is 1.59. The maximum absolute atomic E-state index is 9.73. The molecule has 1 fully saturated rings. The van der Waals surface area contributed by atoms with Gasteiger partial charge in [-0.25, -0.2) is 0 Å². The van der Waals surface area contributed by atoms with E-state index in [0.717, 1.165) is 31.6 Å². The molecule has 1 unspecified atom stereocenters. The number of phenolic OH excluding ortho intramolecular Hbond substituents is 1. The Morgan fingerprint density at radius 3 is 3.06 bits per heavy atom. The summed E-state index contributed by atoms with van der Waals surface area (Å²) in [6.45, 7) is 2.47. The Morgan fingerprint density at radius 1 is 1.53 bits per heavy atom. The van der Waals surface area contributed by atoms with Crippen molar-refractivity contribution in [2.24, 2.45) is 0 Å². The number of phenols is 1. The summed E-state index contributed by atoms with van der Waals surface area (Å²) in [6, 6.07) is 5.17. The normalized spacial score (nSPS) is 20.0. The Balaban J connectivity index is 1.92. The lowest BCUT2D eigenvalue weighted by molar-refractivity contribution is 0.0791. The molecule has 1 heterocycles. The minimum Gasteiger partial charge on any atom is -0.508 e. The average Bonchev–Trinajstić information content (AvgIpc) is 2.76. The zero-order chi connectivity index (χ0) is 12.3. The van der Waals surface area contributed by atoms with E-state index in [4.69, 9.17) is 10.5 Å². The number of rotatable bonds is 4. The first-order chi connectivity index (χ1) is 8.15. The van der Waals surface area contributed by atoms with Gasteiger partial charge in [-0.3, -0.25) is 4.90 Å². The smallest absolute Gasteiger partial charge is 0.120 e. The molecule has 0 aliphatic carbocycles. The Kier molecular flexibility index (Phi) is 3.86. The van der Waals surface area contributed by atoms with E-state index in [9.17, 15) is 5.11 Å². The third kappa shape index (κ3) is 3.35. The van der Waals surface area contributed by atoms with Crippen LogP contribution in [-0.2, 0) is 11.3 Å². The van der Waals surface area contributed by atoms with Crippen LogP contribution in [0, 0.1) is 0 Å². The number of likely N-dealkylation sites (N-methyl/N-ethyl adjacent to an activating group) is 1. The van der Waals surface area contributed by atoms with Crippen LogP contribution in [0.2, 0.25) is 0 Å². The highest BCUT2D eigenvalue weighted by molar-refractivity contribution is 5.47. The number of nitrogens with two attached hydrogens (primary N) is 1. The summed E-state index contributed by atoms with van der Waals surface area (Å²) < 4.78 is 5.59. The van der Waals surface area contributed by atoms with Crippen molar-refractivity contribution in [2.45, 2.75) is 25.5 Å². The highest BCUT2D eigenvalue weighted by Gasteiger charge is 2.17. The van der Waals surface area contributed by atoms with Gasteiger partial charge in [0.05, 0.1) is 6.10 Å². The quantitative estimate of drug-likeness (QED) is 0.615. The summed E-state index contributed by atoms with van der Waals surface area (Å²) in [4.78, 5) is 2.16. The molecule has 0 saturated carbocycles. The van der Waals surface area contributed by atoms with Crippen LogP contribution in [0.15, 0.2) is 18.2 Å². The fourth-order valence-electron chi connectivity index (χ4n) is 2.22. The van der Waals surface area contributed by atoms with E-state index >= 15 is 0 Å². The number of nitrogen functional groups attached to an aromatic ring is 1. The number of hydrogen-bond donors (Lipinski definition) is 2. The molecule has 1 saturated heterocycles. The van der Waals surface area contributed by atoms with Crippen molar-refractivity contribution in [1.82, 2.24) is 4.90 Å². The number of nitrogens with zero attached hydrogens (tertiary/aromatic N) is 1. The molecular formula is C13H20N2O2. The van der Waals surface area contributed by atoms with Crippen LogP contribution in [0.3, 0.4) is 0 Å². The van der Waals surface area contributed by atoms with Crippen LogP contribution in [0.1, 0.15) is 18.4 Å². The van der Waals surface area contributed by atoms with Crippen LogP contribution < -0.4 is 5.73 Å². The Morgan fingerprint density at radius 2 is 2.35 bits per heavy atom. The van der Waals surface area contributed by atoms with Crippen molar-refractivity contribution < 1.29 is 9.84 Å². The third-order valence-corrected chi connectivity index (χ3v) is 3.08. The van der Waals surface area contributed by atoms with Gasteiger partial charge in [0.15, 0.2) is 0 Å². The first-order valence-electron chi connectivity index (χ1n) is 6.02. The number of aromatic hydroxyl groups is 1. The highest BCUT2D eigenvalue weighted by atomic mass is 16.5. The number of benzene rings is 1. The van der Waals surface area contributed by atoms with Gasteiger partial charge in [-0.1, -0.05) is 0 Å². The van der Waals surface area contributed by atoms with Crippen molar-refractivity contribution in [3.63, 3.8) is 0 Å². The summed E-state index contributed by atoms with van der Waals surface area (Å²) in [6.07, 6.45) is 2.62. The molecule has 1 aliphatic heterocycles. The molecule has 0 bridgehead atoms. The molecule has 3 N–H and O–H groups in total. The minimum absolute atomic E-state index is 0.304. The maximum atomic E-state index is 9.73. The molecule has 1 aromatic carbocycles. The van der Waals surface area contributed by atoms with E-state index in [1.54, 1.807) is 12.1 Å². The van der Waals surface area contributed by atoms with E-state index in [2.05, 4.69) is 4.90 Å². The fourth-order valence-corrected chi connectivity index (χ4v) is 2.22. The zero-order valence-electron chi connectivity index (χ0n) is 10.2. The van der Waals surface area contributed by atoms with Gasteiger partial charge in [-0.05, 0) is 38.1 Å². The molecule has 0 radical (unpaired) electrons. The molecule has 0 aromatic heterocycles. The van der Waals surface area contributed by atoms with Gasteiger partial charge >= 0.3 is 0 Å². The molecule has 0 amide bonds. The van der Waals surface area contributed by atoms with Gasteiger partial charge in [0, 0.05) is 30.9 Å². The molecule has 2 rings (SSSR count). The monoisotopic (exact) mass is 236 g/mol. The Labute approximate surface area is 102 Å². The van der Waals surface area contributed by atoms with Crippen molar-refractivity contribution in [2.75, 3.05) is 25.9 Å². The van der Waals surface area contributed by atoms with E-state index < -0.39 is 0 Å². The minimum atomic E-state index is 0.304. The largest absolute Gasteiger partial charge is 0.508 e. The molecule has 4 heteroatoms. The van der Waals surface area contributed by atoms with E-state index in [1.807, 2.05) is 13.1 Å². The first-order valence-corrected chi connectivity index (χ1v) is 6.02. The molecular weight excluding hydrogens is 216 g/mol. The summed E-state index contributed by atoms with van der Waals surface area (Å²) in [5, 5.41) is 9.73. The molecule has 94 valence electrons. The summed E-state index contributed by atoms with van der Waals surface area (Å²) in [5.74, 6) is 0.304. The van der Waals surface area contributed by atoms with E-state index in [-0.39, 0.29) is 0 Å². The van der Waals surface area contributed by atoms with E-state index in [1.165, 1.54) is 0 Å². The topological polar surface area (TPSA) is 58.7 Å². The standard InChI is InChI=1S/C13H20N2O2/c1-15(9-12-3-2-6-17-12)8-10-7-11(14)4-5-13(10)16/h4-5,7,12,16H,2-3,6,8-9,14H2,1H3. The van der Waals surface area contributed by atoms with Crippen LogP contribution >= 0.6 is 0 Å². The predicted molar refractivity (Wildman–Crippen MR) is 67.8 cm³/mol. The molecule has 0 spiro atoms. The van der Waals surface area contributed by atoms with Crippen LogP contribution in [0.25, 0.3) is 0 Å². The summed E-state index contributed by atoms with van der Waals surface area (Å²) in [7, 11) is 2.03. The van der Waals surface area contributed by atoms with Crippen LogP contribution in [-0.4, -0.2) is 36.3 Å². The summed E-state index contributed by atoms with van der Waals surface area (Å²) in [5.41, 5.74) is 7.26. The lowest BCUT2D eigenvalue weighted by Crippen LogP contribution is -2.28. The molecule has 1 aliphatic rings.